The third kappa shape index (κ3) is 7.59. The van der Waals surface area contributed by atoms with Crippen molar-refractivity contribution in [3.8, 4) is 5.75 Å². The van der Waals surface area contributed by atoms with Crippen molar-refractivity contribution in [2.24, 2.45) is 0 Å². The van der Waals surface area contributed by atoms with Crippen LogP contribution < -0.4 is 10.5 Å². The van der Waals surface area contributed by atoms with Crippen LogP contribution >= 0.6 is 0 Å². The Labute approximate surface area is 290 Å². The molecule has 2 saturated heterocycles. The van der Waals surface area contributed by atoms with Crippen molar-refractivity contribution in [3.05, 3.63) is 99.0 Å². The van der Waals surface area contributed by atoms with Gasteiger partial charge in [-0.05, 0) is 85.9 Å². The summed E-state index contributed by atoms with van der Waals surface area (Å²) in [7, 11) is 0. The number of piperidine rings is 1. The molecule has 2 aromatic heterocycles. The highest BCUT2D eigenvalue weighted by Crippen LogP contribution is 2.29. The number of likely N-dealkylation sites (tertiary alicyclic amines) is 1. The summed E-state index contributed by atoms with van der Waals surface area (Å²) in [4.78, 5) is 65.3. The number of benzene rings is 2. The Hall–Kier alpha value is -5.39. The van der Waals surface area contributed by atoms with Crippen molar-refractivity contribution in [2.45, 2.75) is 52.1 Å². The van der Waals surface area contributed by atoms with Crippen molar-refractivity contribution in [1.29, 1.82) is 0 Å². The summed E-state index contributed by atoms with van der Waals surface area (Å²) >= 11 is 0. The largest absolute Gasteiger partial charge is 0.507 e. The van der Waals surface area contributed by atoms with E-state index in [1.165, 1.54) is 6.20 Å². The van der Waals surface area contributed by atoms with E-state index in [9.17, 15) is 24.3 Å². The number of phenolic OH excluding ortho intramolecular Hbond substituents is 1. The fourth-order valence-electron chi connectivity index (χ4n) is 6.86. The van der Waals surface area contributed by atoms with Crippen molar-refractivity contribution in [2.75, 3.05) is 50.8 Å². The van der Waals surface area contributed by atoms with Crippen LogP contribution in [0.2, 0.25) is 0 Å². The number of carbonyl (C=O) groups is 3. The standard InChI is InChI=1S/C38H43N5O7/c1-4-49-37(47)29-9-10-33(39-23-29)41-15-17-42(18-16-41)36(46)32(21-26-19-24(2)34(44)25(3)20-26)50-38(48)43-13-11-27(12-14-43)30-22-28-7-5-6-8-31(28)40-35(30)45/h5-10,19-20,22-23,27,32,44H,4,11-18,21H2,1-3H3,(H,40,45)/t32-/m1/s1. The Morgan fingerprint density at radius 3 is 2.30 bits per heavy atom. The molecular formula is C38H43N5O7. The smallest absolute Gasteiger partial charge is 0.410 e. The van der Waals surface area contributed by atoms with Gasteiger partial charge < -0.3 is 34.3 Å². The highest BCUT2D eigenvalue weighted by Gasteiger charge is 2.34. The van der Waals surface area contributed by atoms with E-state index >= 15 is 0 Å². The number of rotatable bonds is 8. The molecule has 0 radical (unpaired) electrons. The minimum absolute atomic E-state index is 0.0000624. The number of ether oxygens (including phenoxy) is 2. The van der Waals surface area contributed by atoms with E-state index < -0.39 is 18.2 Å². The van der Waals surface area contributed by atoms with Gasteiger partial charge in [-0.15, -0.1) is 0 Å². The van der Waals surface area contributed by atoms with E-state index in [0.29, 0.717) is 80.2 Å². The van der Waals surface area contributed by atoms with Crippen LogP contribution in [0.15, 0.2) is 65.6 Å². The first-order chi connectivity index (χ1) is 24.1. The van der Waals surface area contributed by atoms with E-state index in [4.69, 9.17) is 9.47 Å². The molecule has 1 atom stereocenters. The molecule has 0 aliphatic carbocycles. The van der Waals surface area contributed by atoms with Crippen LogP contribution in [0.5, 0.6) is 5.75 Å². The summed E-state index contributed by atoms with van der Waals surface area (Å²) in [5.74, 6) is 0.176. The molecule has 2 aliphatic rings. The van der Waals surface area contributed by atoms with E-state index in [0.717, 1.165) is 16.5 Å². The number of aromatic hydroxyl groups is 1. The van der Waals surface area contributed by atoms with Gasteiger partial charge in [0, 0.05) is 63.0 Å². The van der Waals surface area contributed by atoms with Crippen LogP contribution in [-0.2, 0) is 20.7 Å². The molecule has 12 heteroatoms. The van der Waals surface area contributed by atoms with Gasteiger partial charge in [-0.3, -0.25) is 9.59 Å². The predicted molar refractivity (Wildman–Crippen MR) is 189 cm³/mol. The Bertz CT molecular complexity index is 1900. The zero-order valence-corrected chi connectivity index (χ0v) is 28.7. The number of anilines is 1. The maximum atomic E-state index is 14.0. The van der Waals surface area contributed by atoms with Crippen LogP contribution in [0.3, 0.4) is 0 Å². The van der Waals surface area contributed by atoms with Gasteiger partial charge in [-0.1, -0.05) is 30.3 Å². The number of hydrogen-bond acceptors (Lipinski definition) is 9. The number of piperazine rings is 1. The number of para-hydroxylation sites is 1. The monoisotopic (exact) mass is 681 g/mol. The first-order valence-corrected chi connectivity index (χ1v) is 17.1. The third-order valence-corrected chi connectivity index (χ3v) is 9.64. The van der Waals surface area contributed by atoms with Crippen LogP contribution in [0, 0.1) is 13.8 Å². The number of H-pyrrole nitrogens is 1. The van der Waals surface area contributed by atoms with E-state index in [1.54, 1.807) is 42.7 Å². The van der Waals surface area contributed by atoms with E-state index in [2.05, 4.69) is 9.97 Å². The molecule has 4 heterocycles. The Kier molecular flexibility index (Phi) is 10.4. The van der Waals surface area contributed by atoms with E-state index in [-0.39, 0.29) is 36.2 Å². The number of hydrogen-bond donors (Lipinski definition) is 2. The zero-order valence-electron chi connectivity index (χ0n) is 28.7. The van der Waals surface area contributed by atoms with Gasteiger partial charge in [0.05, 0.1) is 12.2 Å². The molecule has 0 saturated carbocycles. The Morgan fingerprint density at radius 2 is 1.64 bits per heavy atom. The van der Waals surface area contributed by atoms with Gasteiger partial charge in [-0.25, -0.2) is 14.6 Å². The fourth-order valence-corrected chi connectivity index (χ4v) is 6.86. The topological polar surface area (TPSA) is 145 Å². The number of esters is 1. The molecule has 12 nitrogen and oxygen atoms in total. The molecule has 2 amide bonds. The summed E-state index contributed by atoms with van der Waals surface area (Å²) in [6.45, 7) is 8.24. The number of aryl methyl sites for hydroxylation is 2. The van der Waals surface area contributed by atoms with Crippen LogP contribution in [-0.4, -0.2) is 94.8 Å². The van der Waals surface area contributed by atoms with Gasteiger partial charge in [-0.2, -0.15) is 0 Å². The minimum atomic E-state index is -1.07. The number of fused-ring (bicyclic) bond motifs is 1. The Balaban J connectivity index is 1.12. The molecule has 0 spiro atoms. The highest BCUT2D eigenvalue weighted by atomic mass is 16.6. The first-order valence-electron chi connectivity index (χ1n) is 17.1. The lowest BCUT2D eigenvalue weighted by atomic mass is 9.89. The maximum absolute atomic E-state index is 14.0. The fraction of sp³-hybridized carbons (Fsp3) is 0.395. The summed E-state index contributed by atoms with van der Waals surface area (Å²) in [6, 6.07) is 16.7. The lowest BCUT2D eigenvalue weighted by molar-refractivity contribution is -0.141. The maximum Gasteiger partial charge on any atom is 0.410 e. The number of aromatic nitrogens is 2. The molecule has 2 N–H and O–H groups in total. The number of carbonyl (C=O) groups excluding carboxylic acids is 3. The van der Waals surface area contributed by atoms with Gasteiger partial charge in [0.1, 0.15) is 11.6 Å². The molecule has 262 valence electrons. The molecule has 2 aromatic carbocycles. The summed E-state index contributed by atoms with van der Waals surface area (Å²) in [5.41, 5.74) is 3.91. The number of amides is 2. The number of pyridine rings is 2. The predicted octanol–water partition coefficient (Wildman–Crippen LogP) is 4.70. The van der Waals surface area contributed by atoms with Crippen LogP contribution in [0.4, 0.5) is 10.6 Å². The average Bonchev–Trinajstić information content (AvgIpc) is 3.13. The van der Waals surface area contributed by atoms with Gasteiger partial charge in [0.15, 0.2) is 6.10 Å². The second kappa shape index (κ2) is 15.0. The van der Waals surface area contributed by atoms with Crippen molar-refractivity contribution >= 4 is 34.7 Å². The number of nitrogens with one attached hydrogen (secondary N) is 1. The molecule has 6 rings (SSSR count). The normalized spacial score (nSPS) is 15.9. The quantitative estimate of drug-likeness (QED) is 0.253. The van der Waals surface area contributed by atoms with Crippen LogP contribution in [0.1, 0.15) is 58.3 Å². The first kappa shape index (κ1) is 34.5. The second-order valence-corrected chi connectivity index (χ2v) is 13.0. The molecule has 2 fully saturated rings. The van der Waals surface area contributed by atoms with Gasteiger partial charge in [0.2, 0.25) is 0 Å². The van der Waals surface area contributed by atoms with E-state index in [1.807, 2.05) is 47.4 Å². The number of nitrogens with zero attached hydrogens (tertiary/aromatic N) is 4. The number of aromatic amines is 1. The van der Waals surface area contributed by atoms with Crippen molar-refractivity contribution in [1.82, 2.24) is 19.8 Å². The van der Waals surface area contributed by atoms with Crippen LogP contribution in [0.25, 0.3) is 10.9 Å². The Morgan fingerprint density at radius 1 is 0.940 bits per heavy atom. The zero-order chi connectivity index (χ0) is 35.4. The molecule has 4 aromatic rings. The third-order valence-electron chi connectivity index (χ3n) is 9.64. The molecule has 0 unspecified atom stereocenters. The minimum Gasteiger partial charge on any atom is -0.507 e. The second-order valence-electron chi connectivity index (χ2n) is 13.0. The lowest BCUT2D eigenvalue weighted by Crippen LogP contribution is -2.53. The number of phenols is 1. The average molecular weight is 682 g/mol. The van der Waals surface area contributed by atoms with Crippen molar-refractivity contribution < 1.29 is 29.0 Å². The summed E-state index contributed by atoms with van der Waals surface area (Å²) < 4.78 is 11.0. The molecule has 2 aliphatic heterocycles. The highest BCUT2D eigenvalue weighted by molar-refractivity contribution is 5.89. The summed E-state index contributed by atoms with van der Waals surface area (Å²) in [5, 5.41) is 11.3. The van der Waals surface area contributed by atoms with Crippen molar-refractivity contribution in [3.63, 3.8) is 0 Å². The lowest BCUT2D eigenvalue weighted by Gasteiger charge is -2.37. The molecule has 50 heavy (non-hydrogen) atoms. The SMILES string of the molecule is CCOC(=O)c1ccc(N2CCN(C(=O)[C@@H](Cc3cc(C)c(O)c(C)c3)OC(=O)N3CCC(c4cc5ccccc5[nH]c4=O)CC3)CC2)nc1. The molecule has 0 bridgehead atoms. The molecular weight excluding hydrogens is 638 g/mol. The van der Waals surface area contributed by atoms with Gasteiger partial charge >= 0.3 is 12.1 Å². The van der Waals surface area contributed by atoms with Gasteiger partial charge in [0.25, 0.3) is 11.5 Å². The summed E-state index contributed by atoms with van der Waals surface area (Å²) in [6.07, 6.45) is 1.22.